The van der Waals surface area contributed by atoms with Crippen molar-refractivity contribution in [1.29, 1.82) is 5.26 Å². The zero-order valence-electron chi connectivity index (χ0n) is 18.1. The van der Waals surface area contributed by atoms with E-state index in [1.165, 1.54) is 22.9 Å². The van der Waals surface area contributed by atoms with Crippen LogP contribution in [-0.4, -0.2) is 28.6 Å². The summed E-state index contributed by atoms with van der Waals surface area (Å²) in [6.07, 6.45) is 1.36. The summed E-state index contributed by atoms with van der Waals surface area (Å²) in [4.78, 5) is 39.6. The van der Waals surface area contributed by atoms with Crippen LogP contribution in [0.3, 0.4) is 0 Å². The first-order valence-corrected chi connectivity index (χ1v) is 10.4. The molecular formula is C24H23N3O5. The number of carbonyl (C=O) groups excluding carboxylic acids is 2. The minimum atomic E-state index is -0.576. The SMILES string of the molecule is COc1cc(C2CC(=O)N(n3c(C)cc(C)c(C#N)c3=O)C3=C2C(=O)CCC3)ccc1O. The fourth-order valence-electron chi connectivity index (χ4n) is 4.67. The molecule has 0 saturated heterocycles. The van der Waals surface area contributed by atoms with Crippen molar-refractivity contribution in [3.63, 3.8) is 0 Å². The number of phenolic OH excluding ortho intramolecular Hbond substituents is 1. The molecule has 0 saturated carbocycles. The number of methoxy groups -OCH3 is 1. The number of hydrogen-bond acceptors (Lipinski definition) is 6. The molecule has 0 radical (unpaired) electrons. The molecule has 2 aliphatic rings. The van der Waals surface area contributed by atoms with Crippen LogP contribution in [0.25, 0.3) is 0 Å². The largest absolute Gasteiger partial charge is 0.504 e. The van der Waals surface area contributed by atoms with Crippen LogP contribution in [0.2, 0.25) is 0 Å². The van der Waals surface area contributed by atoms with Crippen LogP contribution in [0.5, 0.6) is 11.5 Å². The van der Waals surface area contributed by atoms with Gasteiger partial charge in [-0.2, -0.15) is 5.26 Å². The second kappa shape index (κ2) is 8.00. The first-order valence-electron chi connectivity index (χ1n) is 10.4. The molecule has 1 unspecified atom stereocenters. The topological polar surface area (TPSA) is 113 Å². The van der Waals surface area contributed by atoms with Gasteiger partial charge in [-0.05, 0) is 56.0 Å². The van der Waals surface area contributed by atoms with Gasteiger partial charge in [0.25, 0.3) is 5.56 Å². The molecule has 1 aromatic heterocycles. The lowest BCUT2D eigenvalue weighted by molar-refractivity contribution is -0.121. The van der Waals surface area contributed by atoms with Gasteiger partial charge in [0.2, 0.25) is 5.91 Å². The van der Waals surface area contributed by atoms with Gasteiger partial charge in [0.05, 0.1) is 12.8 Å². The molecule has 1 N–H and O–H groups in total. The minimum Gasteiger partial charge on any atom is -0.504 e. The minimum absolute atomic E-state index is 0.0276. The first-order chi connectivity index (χ1) is 15.3. The summed E-state index contributed by atoms with van der Waals surface area (Å²) >= 11 is 0. The van der Waals surface area contributed by atoms with E-state index in [1.54, 1.807) is 32.0 Å². The third-order valence-corrected chi connectivity index (χ3v) is 6.13. The maximum atomic E-state index is 13.4. The highest BCUT2D eigenvalue weighted by atomic mass is 16.5. The lowest BCUT2D eigenvalue weighted by Crippen LogP contribution is -2.52. The number of aromatic hydroxyl groups is 1. The maximum absolute atomic E-state index is 13.4. The number of nitrogens with zero attached hydrogens (tertiary/aromatic N) is 3. The van der Waals surface area contributed by atoms with Gasteiger partial charge in [0, 0.05) is 30.0 Å². The normalized spacial score (nSPS) is 18.4. The van der Waals surface area contributed by atoms with Crippen molar-refractivity contribution < 1.29 is 19.4 Å². The number of benzene rings is 1. The van der Waals surface area contributed by atoms with Gasteiger partial charge in [-0.25, -0.2) is 9.69 Å². The summed E-state index contributed by atoms with van der Waals surface area (Å²) in [5.74, 6) is -0.692. The first kappa shape index (κ1) is 21.4. The molecule has 1 aliphatic heterocycles. The monoisotopic (exact) mass is 433 g/mol. The number of Topliss-reactive ketones (excluding diaryl/α,β-unsaturated/α-hetero) is 1. The Morgan fingerprint density at radius 3 is 2.59 bits per heavy atom. The van der Waals surface area contributed by atoms with Gasteiger partial charge in [0.15, 0.2) is 17.3 Å². The Hall–Kier alpha value is -3.86. The molecule has 2 heterocycles. The summed E-state index contributed by atoms with van der Waals surface area (Å²) < 4.78 is 6.42. The molecule has 1 atom stereocenters. The number of pyridine rings is 1. The molecule has 164 valence electrons. The van der Waals surface area contributed by atoms with Crippen LogP contribution in [-0.2, 0) is 9.59 Å². The van der Waals surface area contributed by atoms with E-state index in [1.807, 2.05) is 6.07 Å². The van der Waals surface area contributed by atoms with Crippen molar-refractivity contribution in [2.45, 2.75) is 45.4 Å². The standard InChI is InChI=1S/C24H23N3O5/c1-13-9-14(2)26(24(31)17(13)12-25)27-18-5-4-6-20(29)23(18)16(11-22(27)30)15-7-8-19(28)21(10-15)32-3/h7-10,16,28H,4-6,11H2,1-3H3. The summed E-state index contributed by atoms with van der Waals surface area (Å²) in [5.41, 5.74) is 2.11. The molecule has 8 nitrogen and oxygen atoms in total. The molecule has 4 rings (SSSR count). The quantitative estimate of drug-likeness (QED) is 0.796. The number of ether oxygens (including phenoxy) is 1. The van der Waals surface area contributed by atoms with Crippen molar-refractivity contribution in [2.24, 2.45) is 0 Å². The summed E-state index contributed by atoms with van der Waals surface area (Å²) in [5, 5.41) is 20.7. The van der Waals surface area contributed by atoms with Gasteiger partial charge in [-0.1, -0.05) is 6.07 Å². The van der Waals surface area contributed by atoms with Gasteiger partial charge >= 0.3 is 0 Å². The number of aryl methyl sites for hydroxylation is 2. The van der Waals surface area contributed by atoms with Crippen molar-refractivity contribution in [1.82, 2.24) is 4.68 Å². The smallest absolute Gasteiger partial charge is 0.288 e. The molecular weight excluding hydrogens is 410 g/mol. The van der Waals surface area contributed by atoms with E-state index in [9.17, 15) is 24.8 Å². The molecule has 1 aliphatic carbocycles. The van der Waals surface area contributed by atoms with E-state index >= 15 is 0 Å². The van der Waals surface area contributed by atoms with E-state index in [-0.39, 0.29) is 35.2 Å². The van der Waals surface area contributed by atoms with Gasteiger partial charge in [0.1, 0.15) is 11.6 Å². The van der Waals surface area contributed by atoms with Crippen LogP contribution >= 0.6 is 0 Å². The second-order valence-corrected chi connectivity index (χ2v) is 8.10. The summed E-state index contributed by atoms with van der Waals surface area (Å²) in [6, 6.07) is 8.40. The van der Waals surface area contributed by atoms with Crippen molar-refractivity contribution >= 4 is 11.7 Å². The zero-order valence-corrected chi connectivity index (χ0v) is 18.1. The summed E-state index contributed by atoms with van der Waals surface area (Å²) in [7, 11) is 1.43. The summed E-state index contributed by atoms with van der Waals surface area (Å²) in [6.45, 7) is 3.38. The Balaban J connectivity index is 1.94. The van der Waals surface area contributed by atoms with Crippen molar-refractivity contribution in [3.05, 3.63) is 68.3 Å². The Morgan fingerprint density at radius 1 is 1.16 bits per heavy atom. The molecule has 2 aromatic rings. The van der Waals surface area contributed by atoms with Gasteiger partial charge < -0.3 is 9.84 Å². The molecule has 0 fully saturated rings. The molecule has 0 bridgehead atoms. The molecule has 32 heavy (non-hydrogen) atoms. The predicted octanol–water partition coefficient (Wildman–Crippen LogP) is 2.71. The number of rotatable bonds is 3. The van der Waals surface area contributed by atoms with E-state index in [4.69, 9.17) is 4.74 Å². The maximum Gasteiger partial charge on any atom is 0.288 e. The number of amides is 1. The third kappa shape index (κ3) is 3.26. The number of ketones is 1. The highest BCUT2D eigenvalue weighted by molar-refractivity contribution is 6.04. The van der Waals surface area contributed by atoms with E-state index < -0.39 is 11.5 Å². The van der Waals surface area contributed by atoms with Gasteiger partial charge in [-0.3, -0.25) is 14.4 Å². The van der Waals surface area contributed by atoms with Crippen molar-refractivity contribution in [3.8, 4) is 17.6 Å². The molecule has 8 heteroatoms. The average molecular weight is 433 g/mol. The van der Waals surface area contributed by atoms with Crippen LogP contribution in [0.1, 0.15) is 54.0 Å². The Labute approximate surface area is 184 Å². The van der Waals surface area contributed by atoms with E-state index in [0.29, 0.717) is 47.4 Å². The van der Waals surface area contributed by atoms with Crippen LogP contribution in [0.15, 0.2) is 40.3 Å². The number of aromatic nitrogens is 1. The molecule has 0 spiro atoms. The average Bonchev–Trinajstić information content (AvgIpc) is 2.75. The Kier molecular flexibility index (Phi) is 5.35. The Bertz CT molecular complexity index is 1280. The number of phenols is 1. The highest BCUT2D eigenvalue weighted by Crippen LogP contribution is 2.42. The second-order valence-electron chi connectivity index (χ2n) is 8.10. The lowest BCUT2D eigenvalue weighted by atomic mass is 9.77. The highest BCUT2D eigenvalue weighted by Gasteiger charge is 2.41. The van der Waals surface area contributed by atoms with Gasteiger partial charge in [-0.15, -0.1) is 0 Å². The van der Waals surface area contributed by atoms with Crippen LogP contribution in [0, 0.1) is 25.2 Å². The van der Waals surface area contributed by atoms with Crippen molar-refractivity contribution in [2.75, 3.05) is 12.1 Å². The van der Waals surface area contributed by atoms with Crippen LogP contribution < -0.4 is 15.3 Å². The number of nitriles is 1. The zero-order chi connectivity index (χ0) is 23.2. The molecule has 1 aromatic carbocycles. The van der Waals surface area contributed by atoms with Crippen LogP contribution in [0.4, 0.5) is 0 Å². The Morgan fingerprint density at radius 2 is 1.91 bits per heavy atom. The van der Waals surface area contributed by atoms with E-state index in [0.717, 1.165) is 0 Å². The number of hydrogen-bond donors (Lipinski definition) is 1. The predicted molar refractivity (Wildman–Crippen MR) is 116 cm³/mol. The number of carbonyl (C=O) groups is 2. The fraction of sp³-hybridized carbons (Fsp3) is 0.333. The molecule has 1 amide bonds. The lowest BCUT2D eigenvalue weighted by Gasteiger charge is -2.39. The third-order valence-electron chi connectivity index (χ3n) is 6.13. The fourth-order valence-corrected chi connectivity index (χ4v) is 4.67. The number of allylic oxidation sites excluding steroid dienone is 2. The van der Waals surface area contributed by atoms with E-state index in [2.05, 4.69) is 0 Å².